The molecule has 108 valence electrons. The first-order valence-electron chi connectivity index (χ1n) is 6.10. The van der Waals surface area contributed by atoms with Gasteiger partial charge in [-0.05, 0) is 48.9 Å². The van der Waals surface area contributed by atoms with Crippen LogP contribution in [-0.2, 0) is 4.79 Å². The molecule has 0 atom stereocenters. The zero-order valence-corrected chi connectivity index (χ0v) is 12.7. The number of ether oxygens (including phenoxy) is 1. The Hall–Kier alpha value is -2.14. The number of hydrogen-bond donors (Lipinski definition) is 1. The lowest BCUT2D eigenvalue weighted by molar-refractivity contribution is -0.131. The number of carboxylic acids is 1. The van der Waals surface area contributed by atoms with E-state index in [1.54, 1.807) is 30.3 Å². The van der Waals surface area contributed by atoms with Crippen LogP contribution in [0.2, 0.25) is 0 Å². The molecule has 0 unspecified atom stereocenters. The molecule has 0 aliphatic heterocycles. The molecule has 2 aromatic rings. The zero-order chi connectivity index (χ0) is 15.4. The molecule has 3 nitrogen and oxygen atoms in total. The van der Waals surface area contributed by atoms with Gasteiger partial charge in [0.1, 0.15) is 5.75 Å². The highest BCUT2D eigenvalue weighted by Crippen LogP contribution is 2.31. The number of rotatable bonds is 4. The maximum atomic E-state index is 13.7. The van der Waals surface area contributed by atoms with E-state index >= 15 is 0 Å². The van der Waals surface area contributed by atoms with Crippen molar-refractivity contribution in [1.29, 1.82) is 0 Å². The third-order valence-corrected chi connectivity index (χ3v) is 3.18. The Balaban J connectivity index is 2.39. The van der Waals surface area contributed by atoms with Crippen molar-refractivity contribution in [3.63, 3.8) is 0 Å². The van der Waals surface area contributed by atoms with Crippen LogP contribution in [0.3, 0.4) is 0 Å². The summed E-state index contributed by atoms with van der Waals surface area (Å²) < 4.78 is 20.1. The minimum atomic E-state index is -1.07. The second-order valence-corrected chi connectivity index (χ2v) is 5.31. The summed E-state index contributed by atoms with van der Waals surface area (Å²) in [5.74, 6) is -1.07. The summed E-state index contributed by atoms with van der Waals surface area (Å²) >= 11 is 3.30. The molecular formula is C16H12BrFO3. The molecule has 0 aliphatic carbocycles. The van der Waals surface area contributed by atoms with Crippen molar-refractivity contribution in [2.24, 2.45) is 0 Å². The summed E-state index contributed by atoms with van der Waals surface area (Å²) in [7, 11) is 0. The number of halogens is 2. The van der Waals surface area contributed by atoms with Gasteiger partial charge in [0.15, 0.2) is 11.6 Å². The van der Waals surface area contributed by atoms with E-state index in [1.807, 2.05) is 6.92 Å². The standard InChI is InChI=1S/C16H12BrFO3/c1-10-2-5-13(18)15(8-10)21-14-6-4-12(17)9-11(14)3-7-16(19)20/h2-9H,1H3,(H,19,20)/b7-3+. The van der Waals surface area contributed by atoms with Gasteiger partial charge in [-0.15, -0.1) is 0 Å². The SMILES string of the molecule is Cc1ccc(F)c(Oc2ccc(Br)cc2/C=C/C(=O)O)c1. The van der Waals surface area contributed by atoms with Crippen LogP contribution in [-0.4, -0.2) is 11.1 Å². The third kappa shape index (κ3) is 4.16. The minimum Gasteiger partial charge on any atom is -0.478 e. The molecule has 0 saturated heterocycles. The Labute approximate surface area is 129 Å². The monoisotopic (exact) mass is 350 g/mol. The van der Waals surface area contributed by atoms with E-state index in [1.165, 1.54) is 12.1 Å². The first-order chi connectivity index (χ1) is 9.95. The molecule has 2 rings (SSSR count). The fraction of sp³-hybridized carbons (Fsp3) is 0.0625. The second kappa shape index (κ2) is 6.54. The van der Waals surface area contributed by atoms with Crippen molar-refractivity contribution in [3.8, 4) is 11.5 Å². The predicted octanol–water partition coefficient (Wildman–Crippen LogP) is 4.79. The van der Waals surface area contributed by atoms with Gasteiger partial charge in [0.25, 0.3) is 0 Å². The summed E-state index contributed by atoms with van der Waals surface area (Å²) in [6.45, 7) is 1.83. The van der Waals surface area contributed by atoms with Crippen molar-refractivity contribution in [3.05, 3.63) is 63.9 Å². The Kier molecular flexibility index (Phi) is 4.75. The second-order valence-electron chi connectivity index (χ2n) is 4.39. The van der Waals surface area contributed by atoms with E-state index in [9.17, 15) is 9.18 Å². The molecule has 1 N–H and O–H groups in total. The average molecular weight is 351 g/mol. The lowest BCUT2D eigenvalue weighted by atomic mass is 10.2. The Morgan fingerprint density at radius 1 is 1.24 bits per heavy atom. The highest BCUT2D eigenvalue weighted by molar-refractivity contribution is 9.10. The number of hydrogen-bond acceptors (Lipinski definition) is 2. The maximum Gasteiger partial charge on any atom is 0.328 e. The molecule has 0 saturated carbocycles. The van der Waals surface area contributed by atoms with Gasteiger partial charge in [-0.25, -0.2) is 9.18 Å². The van der Waals surface area contributed by atoms with Gasteiger partial charge in [-0.1, -0.05) is 22.0 Å². The van der Waals surface area contributed by atoms with Crippen LogP contribution in [0.15, 0.2) is 46.9 Å². The quantitative estimate of drug-likeness (QED) is 0.806. The van der Waals surface area contributed by atoms with Crippen molar-refractivity contribution in [2.45, 2.75) is 6.92 Å². The zero-order valence-electron chi connectivity index (χ0n) is 11.1. The summed E-state index contributed by atoms with van der Waals surface area (Å²) in [5.41, 5.74) is 1.40. The smallest absolute Gasteiger partial charge is 0.328 e. The minimum absolute atomic E-state index is 0.0993. The first-order valence-corrected chi connectivity index (χ1v) is 6.89. The van der Waals surface area contributed by atoms with Gasteiger partial charge in [-0.3, -0.25) is 0 Å². The molecule has 0 aliphatic rings. The molecule has 0 spiro atoms. The van der Waals surface area contributed by atoms with Gasteiger partial charge in [0.05, 0.1) is 0 Å². The van der Waals surface area contributed by atoms with Crippen LogP contribution >= 0.6 is 15.9 Å². The summed E-state index contributed by atoms with van der Waals surface area (Å²) in [5, 5.41) is 8.71. The van der Waals surface area contributed by atoms with Gasteiger partial charge >= 0.3 is 5.97 Å². The number of carbonyl (C=O) groups is 1. The number of aliphatic carboxylic acids is 1. The molecule has 21 heavy (non-hydrogen) atoms. The van der Waals surface area contributed by atoms with Crippen LogP contribution in [0.5, 0.6) is 11.5 Å². The van der Waals surface area contributed by atoms with Crippen LogP contribution in [0, 0.1) is 12.7 Å². The Morgan fingerprint density at radius 2 is 2.00 bits per heavy atom. The van der Waals surface area contributed by atoms with Gasteiger partial charge in [0.2, 0.25) is 0 Å². The van der Waals surface area contributed by atoms with Crippen LogP contribution in [0.4, 0.5) is 4.39 Å². The van der Waals surface area contributed by atoms with Crippen molar-refractivity contribution >= 4 is 28.0 Å². The van der Waals surface area contributed by atoms with E-state index < -0.39 is 11.8 Å². The molecule has 0 amide bonds. The maximum absolute atomic E-state index is 13.7. The van der Waals surface area contributed by atoms with Gasteiger partial charge in [-0.2, -0.15) is 0 Å². The summed E-state index contributed by atoms with van der Waals surface area (Å²) in [6.07, 6.45) is 2.40. The van der Waals surface area contributed by atoms with Gasteiger partial charge in [0, 0.05) is 16.1 Å². The third-order valence-electron chi connectivity index (χ3n) is 2.68. The topological polar surface area (TPSA) is 46.5 Å². The average Bonchev–Trinajstić information content (AvgIpc) is 2.43. The Morgan fingerprint density at radius 3 is 2.71 bits per heavy atom. The largest absolute Gasteiger partial charge is 0.478 e. The van der Waals surface area contributed by atoms with Crippen LogP contribution in [0.25, 0.3) is 6.08 Å². The molecule has 0 bridgehead atoms. The van der Waals surface area contributed by atoms with Crippen molar-refractivity contribution in [2.75, 3.05) is 0 Å². The lowest BCUT2D eigenvalue weighted by Gasteiger charge is -2.10. The molecule has 2 aromatic carbocycles. The van der Waals surface area contributed by atoms with E-state index in [-0.39, 0.29) is 5.75 Å². The number of aryl methyl sites for hydroxylation is 1. The summed E-state index contributed by atoms with van der Waals surface area (Å²) in [4.78, 5) is 10.6. The van der Waals surface area contributed by atoms with E-state index in [0.717, 1.165) is 16.1 Å². The van der Waals surface area contributed by atoms with E-state index in [2.05, 4.69) is 15.9 Å². The molecular weight excluding hydrogens is 339 g/mol. The van der Waals surface area contributed by atoms with E-state index in [4.69, 9.17) is 9.84 Å². The lowest BCUT2D eigenvalue weighted by Crippen LogP contribution is -1.92. The summed E-state index contributed by atoms with van der Waals surface area (Å²) in [6, 6.07) is 9.64. The van der Waals surface area contributed by atoms with Crippen LogP contribution in [0.1, 0.15) is 11.1 Å². The normalized spacial score (nSPS) is 10.8. The Bertz CT molecular complexity index is 711. The fourth-order valence-corrected chi connectivity index (χ4v) is 2.09. The molecule has 0 heterocycles. The highest BCUT2D eigenvalue weighted by Gasteiger charge is 2.08. The molecule has 0 radical (unpaired) electrons. The van der Waals surface area contributed by atoms with Crippen LogP contribution < -0.4 is 4.74 Å². The van der Waals surface area contributed by atoms with Crippen molar-refractivity contribution in [1.82, 2.24) is 0 Å². The highest BCUT2D eigenvalue weighted by atomic mass is 79.9. The number of carboxylic acid groups (broad SMARTS) is 1. The van der Waals surface area contributed by atoms with Gasteiger partial charge < -0.3 is 9.84 Å². The molecule has 5 heteroatoms. The number of benzene rings is 2. The molecule has 0 aromatic heterocycles. The predicted molar refractivity (Wildman–Crippen MR) is 82.0 cm³/mol. The first kappa shape index (κ1) is 15.3. The molecule has 0 fully saturated rings. The van der Waals surface area contributed by atoms with Crippen molar-refractivity contribution < 1.29 is 19.0 Å². The van der Waals surface area contributed by atoms with E-state index in [0.29, 0.717) is 11.3 Å². The fourth-order valence-electron chi connectivity index (χ4n) is 1.71.